The van der Waals surface area contributed by atoms with Crippen LogP contribution in [0.15, 0.2) is 91.1 Å². The average Bonchev–Trinajstić information content (AvgIpc) is 3.19. The molecule has 2 heterocycles. The average molecular weight is 394 g/mol. The minimum atomic E-state index is 0.445. The molecule has 3 aromatic carbocycles. The second-order valence-corrected chi connectivity index (χ2v) is 7.30. The van der Waals surface area contributed by atoms with Gasteiger partial charge in [-0.05, 0) is 54.1 Å². The topological polar surface area (TPSA) is 36.3 Å². The molecule has 0 spiro atoms. The highest BCUT2D eigenvalue weighted by molar-refractivity contribution is 5.82. The van der Waals surface area contributed by atoms with Crippen LogP contribution in [0.4, 0.5) is 0 Å². The fraction of sp³-hybridized carbons (Fsp3) is 0.115. The van der Waals surface area contributed by atoms with E-state index in [0.717, 1.165) is 40.0 Å². The maximum Gasteiger partial charge on any atom is 0.130 e. The van der Waals surface area contributed by atoms with E-state index in [1.54, 1.807) is 7.11 Å². The van der Waals surface area contributed by atoms with Crippen LogP contribution in [-0.4, -0.2) is 16.7 Å². The molecule has 0 atom stereocenters. The van der Waals surface area contributed by atoms with Crippen molar-refractivity contribution in [2.24, 2.45) is 0 Å². The Morgan fingerprint density at radius 2 is 1.73 bits per heavy atom. The Labute approximate surface area is 175 Å². The zero-order valence-corrected chi connectivity index (χ0v) is 16.8. The maximum atomic E-state index is 6.02. The molecule has 0 aliphatic heterocycles. The zero-order valence-electron chi connectivity index (χ0n) is 16.8. The smallest absolute Gasteiger partial charge is 0.130 e. The SMILES string of the molecule is COc1cccc(Cn2ccc3cc(OCc4ccc5ccccc5n4)ccc32)c1. The van der Waals surface area contributed by atoms with E-state index in [4.69, 9.17) is 9.47 Å². The Morgan fingerprint density at radius 3 is 2.67 bits per heavy atom. The van der Waals surface area contributed by atoms with Gasteiger partial charge in [0.2, 0.25) is 0 Å². The number of para-hydroxylation sites is 1. The molecule has 30 heavy (non-hydrogen) atoms. The lowest BCUT2D eigenvalue weighted by Crippen LogP contribution is -1.99. The summed E-state index contributed by atoms with van der Waals surface area (Å²) in [5.41, 5.74) is 4.29. The summed E-state index contributed by atoms with van der Waals surface area (Å²) in [7, 11) is 1.69. The fourth-order valence-corrected chi connectivity index (χ4v) is 3.72. The van der Waals surface area contributed by atoms with Crippen molar-refractivity contribution in [3.8, 4) is 11.5 Å². The van der Waals surface area contributed by atoms with Crippen LogP contribution in [0.1, 0.15) is 11.3 Å². The lowest BCUT2D eigenvalue weighted by Gasteiger charge is -2.09. The minimum Gasteiger partial charge on any atom is -0.497 e. The van der Waals surface area contributed by atoms with Gasteiger partial charge in [0, 0.05) is 29.0 Å². The molecule has 5 aromatic rings. The maximum absolute atomic E-state index is 6.02. The third-order valence-corrected chi connectivity index (χ3v) is 5.27. The number of aromatic nitrogens is 2. The first-order valence-electron chi connectivity index (χ1n) is 9.98. The van der Waals surface area contributed by atoms with Crippen molar-refractivity contribution < 1.29 is 9.47 Å². The first-order valence-corrected chi connectivity index (χ1v) is 9.98. The summed E-state index contributed by atoms with van der Waals surface area (Å²) in [6.45, 7) is 1.24. The van der Waals surface area contributed by atoms with E-state index in [9.17, 15) is 0 Å². The summed E-state index contributed by atoms with van der Waals surface area (Å²) in [6, 6.07) is 28.7. The first kappa shape index (κ1) is 18.3. The number of ether oxygens (including phenoxy) is 2. The number of hydrogen-bond donors (Lipinski definition) is 0. The lowest BCUT2D eigenvalue weighted by molar-refractivity contribution is 0.302. The molecule has 0 saturated heterocycles. The molecule has 2 aromatic heterocycles. The predicted octanol–water partition coefficient (Wildman–Crippen LogP) is 5.83. The van der Waals surface area contributed by atoms with Crippen molar-refractivity contribution in [1.82, 2.24) is 9.55 Å². The van der Waals surface area contributed by atoms with Gasteiger partial charge in [-0.3, -0.25) is 0 Å². The lowest BCUT2D eigenvalue weighted by atomic mass is 10.2. The van der Waals surface area contributed by atoms with E-state index < -0.39 is 0 Å². The Hall–Kier alpha value is -3.79. The molecule has 5 rings (SSSR count). The Bertz CT molecular complexity index is 1320. The molecule has 0 bridgehead atoms. The van der Waals surface area contributed by atoms with E-state index in [-0.39, 0.29) is 0 Å². The number of fused-ring (bicyclic) bond motifs is 2. The zero-order chi connectivity index (χ0) is 20.3. The molecule has 0 aliphatic rings. The predicted molar refractivity (Wildman–Crippen MR) is 120 cm³/mol. The van der Waals surface area contributed by atoms with Gasteiger partial charge in [0.25, 0.3) is 0 Å². The van der Waals surface area contributed by atoms with Crippen molar-refractivity contribution in [3.63, 3.8) is 0 Å². The molecule has 0 amide bonds. The van der Waals surface area contributed by atoms with Crippen LogP contribution in [0, 0.1) is 0 Å². The third kappa shape index (κ3) is 3.72. The van der Waals surface area contributed by atoms with Crippen molar-refractivity contribution >= 4 is 21.8 Å². The Balaban J connectivity index is 1.32. The summed E-state index contributed by atoms with van der Waals surface area (Å²) in [4.78, 5) is 4.68. The Morgan fingerprint density at radius 1 is 0.800 bits per heavy atom. The van der Waals surface area contributed by atoms with Crippen LogP contribution in [0.3, 0.4) is 0 Å². The molecule has 0 fully saturated rings. The van der Waals surface area contributed by atoms with Crippen molar-refractivity contribution in [2.45, 2.75) is 13.2 Å². The quantitative estimate of drug-likeness (QED) is 0.364. The molecule has 148 valence electrons. The van der Waals surface area contributed by atoms with Crippen LogP contribution in [0.25, 0.3) is 21.8 Å². The molecule has 0 radical (unpaired) electrons. The highest BCUT2D eigenvalue weighted by atomic mass is 16.5. The number of rotatable bonds is 6. The largest absolute Gasteiger partial charge is 0.497 e. The van der Waals surface area contributed by atoms with E-state index in [2.05, 4.69) is 58.2 Å². The second kappa shape index (κ2) is 7.91. The number of benzene rings is 3. The van der Waals surface area contributed by atoms with Gasteiger partial charge in [-0.15, -0.1) is 0 Å². The molecular formula is C26H22N2O2. The summed E-state index contributed by atoms with van der Waals surface area (Å²) >= 11 is 0. The van der Waals surface area contributed by atoms with Gasteiger partial charge in [-0.25, -0.2) is 4.98 Å². The number of nitrogens with zero attached hydrogens (tertiary/aromatic N) is 2. The third-order valence-electron chi connectivity index (χ3n) is 5.27. The minimum absolute atomic E-state index is 0.445. The number of pyridine rings is 1. The van der Waals surface area contributed by atoms with Gasteiger partial charge in [0.1, 0.15) is 18.1 Å². The monoisotopic (exact) mass is 394 g/mol. The summed E-state index contributed by atoms with van der Waals surface area (Å²) in [6.07, 6.45) is 2.11. The van der Waals surface area contributed by atoms with Crippen LogP contribution < -0.4 is 9.47 Å². The molecule has 0 unspecified atom stereocenters. The van der Waals surface area contributed by atoms with Crippen LogP contribution >= 0.6 is 0 Å². The molecule has 0 N–H and O–H groups in total. The van der Waals surface area contributed by atoms with Gasteiger partial charge in [-0.1, -0.05) is 36.4 Å². The first-order chi connectivity index (χ1) is 14.8. The molecule has 0 saturated carbocycles. The van der Waals surface area contributed by atoms with Gasteiger partial charge in [-0.2, -0.15) is 0 Å². The van der Waals surface area contributed by atoms with Gasteiger partial charge in [0.05, 0.1) is 18.3 Å². The van der Waals surface area contributed by atoms with Gasteiger partial charge < -0.3 is 14.0 Å². The number of methoxy groups -OCH3 is 1. The van der Waals surface area contributed by atoms with E-state index in [0.29, 0.717) is 6.61 Å². The highest BCUT2D eigenvalue weighted by Gasteiger charge is 2.06. The molecular weight excluding hydrogens is 372 g/mol. The Kier molecular flexibility index (Phi) is 4.81. The molecule has 0 aliphatic carbocycles. The van der Waals surface area contributed by atoms with Crippen molar-refractivity contribution in [3.05, 3.63) is 102 Å². The molecule has 4 heteroatoms. The normalized spacial score (nSPS) is 11.1. The van der Waals surface area contributed by atoms with E-state index in [1.165, 1.54) is 11.1 Å². The standard InChI is InChI=1S/C26H22N2O2/c1-29-23-7-4-5-19(15-23)17-28-14-13-21-16-24(11-12-26(21)28)30-18-22-10-9-20-6-2-3-8-25(20)27-22/h2-16H,17-18H2,1H3. The van der Waals surface area contributed by atoms with Crippen LogP contribution in [-0.2, 0) is 13.2 Å². The van der Waals surface area contributed by atoms with Gasteiger partial charge in [0.15, 0.2) is 0 Å². The molecule has 4 nitrogen and oxygen atoms in total. The fourth-order valence-electron chi connectivity index (χ4n) is 3.72. The van der Waals surface area contributed by atoms with Crippen LogP contribution in [0.5, 0.6) is 11.5 Å². The summed E-state index contributed by atoms with van der Waals surface area (Å²) in [5.74, 6) is 1.72. The highest BCUT2D eigenvalue weighted by Crippen LogP contribution is 2.24. The number of hydrogen-bond acceptors (Lipinski definition) is 3. The summed E-state index contributed by atoms with van der Waals surface area (Å²) < 4.78 is 13.6. The van der Waals surface area contributed by atoms with E-state index >= 15 is 0 Å². The summed E-state index contributed by atoms with van der Waals surface area (Å²) in [5, 5.41) is 2.29. The van der Waals surface area contributed by atoms with Gasteiger partial charge >= 0.3 is 0 Å². The van der Waals surface area contributed by atoms with Crippen molar-refractivity contribution in [2.75, 3.05) is 7.11 Å². The van der Waals surface area contributed by atoms with Crippen LogP contribution in [0.2, 0.25) is 0 Å². The second-order valence-electron chi connectivity index (χ2n) is 7.30. The van der Waals surface area contributed by atoms with E-state index in [1.807, 2.05) is 42.5 Å². The van der Waals surface area contributed by atoms with Crippen molar-refractivity contribution in [1.29, 1.82) is 0 Å².